The predicted octanol–water partition coefficient (Wildman–Crippen LogP) is 2.72. The summed E-state index contributed by atoms with van der Waals surface area (Å²) in [5.41, 5.74) is 1.09. The number of ether oxygens (including phenoxy) is 1. The number of hydrogen-bond donors (Lipinski definition) is 2. The number of amides is 1. The van der Waals surface area contributed by atoms with Crippen molar-refractivity contribution in [1.82, 2.24) is 19.7 Å². The Morgan fingerprint density at radius 1 is 1.03 bits per heavy atom. The third kappa shape index (κ3) is 4.57. The third-order valence-electron chi connectivity index (χ3n) is 4.44. The summed E-state index contributed by atoms with van der Waals surface area (Å²) in [5.74, 6) is 0.551. The number of pyridine rings is 1. The molecule has 0 atom stereocenters. The van der Waals surface area contributed by atoms with Crippen molar-refractivity contribution in [1.29, 1.82) is 0 Å². The van der Waals surface area contributed by atoms with Gasteiger partial charge in [0, 0.05) is 5.56 Å². The lowest BCUT2D eigenvalue weighted by Crippen LogP contribution is -2.15. The van der Waals surface area contributed by atoms with E-state index in [4.69, 9.17) is 4.74 Å². The van der Waals surface area contributed by atoms with Gasteiger partial charge in [-0.15, -0.1) is 0 Å². The molecule has 0 unspecified atom stereocenters. The fourth-order valence-electron chi connectivity index (χ4n) is 2.84. The smallest absolute Gasteiger partial charge is 0.262 e. The first-order valence-corrected chi connectivity index (χ1v) is 10.8. The van der Waals surface area contributed by atoms with Crippen LogP contribution < -0.4 is 14.8 Å². The molecule has 0 aliphatic carbocycles. The third-order valence-corrected chi connectivity index (χ3v) is 5.82. The number of hydrogen-bond acceptors (Lipinski definition) is 7. The van der Waals surface area contributed by atoms with Crippen LogP contribution in [0.2, 0.25) is 0 Å². The fraction of sp³-hybridized carbons (Fsp3) is 0.0476. The summed E-state index contributed by atoms with van der Waals surface area (Å²) in [4.78, 5) is 20.6. The minimum absolute atomic E-state index is 0.0128. The number of methoxy groups -OCH3 is 1. The zero-order chi connectivity index (χ0) is 22.6. The van der Waals surface area contributed by atoms with Gasteiger partial charge >= 0.3 is 0 Å². The van der Waals surface area contributed by atoms with Gasteiger partial charge in [-0.05, 0) is 48.5 Å². The van der Waals surface area contributed by atoms with Crippen LogP contribution >= 0.6 is 0 Å². The molecule has 0 aliphatic heterocycles. The SMILES string of the molecule is COc1ccccc1NS(=O)(=O)c1ccc(C(=O)Nc2ccc(-n3cncn3)nc2)cc1. The average molecular weight is 450 g/mol. The van der Waals surface area contributed by atoms with Crippen molar-refractivity contribution in [3.63, 3.8) is 0 Å². The van der Waals surface area contributed by atoms with Gasteiger partial charge < -0.3 is 10.1 Å². The molecule has 0 spiro atoms. The van der Waals surface area contributed by atoms with Crippen molar-refractivity contribution in [3.05, 3.63) is 85.1 Å². The number of rotatable bonds is 7. The van der Waals surface area contributed by atoms with E-state index in [-0.39, 0.29) is 4.90 Å². The molecule has 10 nitrogen and oxygen atoms in total. The average Bonchev–Trinajstić information content (AvgIpc) is 3.35. The van der Waals surface area contributed by atoms with Crippen LogP contribution in [0.4, 0.5) is 11.4 Å². The molecule has 4 rings (SSSR count). The molecule has 0 saturated heterocycles. The Balaban J connectivity index is 1.45. The lowest BCUT2D eigenvalue weighted by Gasteiger charge is -2.12. The number of carbonyl (C=O) groups is 1. The Hall–Kier alpha value is -4.25. The highest BCUT2D eigenvalue weighted by Gasteiger charge is 2.17. The minimum Gasteiger partial charge on any atom is -0.495 e. The van der Waals surface area contributed by atoms with Gasteiger partial charge in [-0.25, -0.2) is 23.1 Å². The van der Waals surface area contributed by atoms with Crippen molar-refractivity contribution in [2.75, 3.05) is 17.1 Å². The number of para-hydroxylation sites is 2. The van der Waals surface area contributed by atoms with E-state index < -0.39 is 15.9 Å². The summed E-state index contributed by atoms with van der Waals surface area (Å²) < 4.78 is 34.5. The molecule has 162 valence electrons. The molecule has 1 amide bonds. The predicted molar refractivity (Wildman–Crippen MR) is 117 cm³/mol. The Labute approximate surface area is 184 Å². The largest absolute Gasteiger partial charge is 0.495 e. The van der Waals surface area contributed by atoms with Crippen LogP contribution in [-0.2, 0) is 10.0 Å². The summed E-state index contributed by atoms with van der Waals surface area (Å²) in [6.45, 7) is 0. The number of carbonyl (C=O) groups excluding carboxylic acids is 1. The molecule has 2 aromatic heterocycles. The van der Waals surface area contributed by atoms with Crippen LogP contribution in [0.15, 0.2) is 84.4 Å². The number of nitrogens with one attached hydrogen (secondary N) is 2. The number of sulfonamides is 1. The zero-order valence-corrected chi connectivity index (χ0v) is 17.7. The van der Waals surface area contributed by atoms with Gasteiger partial charge in [-0.2, -0.15) is 5.10 Å². The maximum atomic E-state index is 12.7. The molecule has 2 heterocycles. The normalized spacial score (nSPS) is 11.0. The number of aromatic nitrogens is 4. The molecule has 32 heavy (non-hydrogen) atoms. The van der Waals surface area contributed by atoms with Gasteiger partial charge in [0.2, 0.25) is 0 Å². The van der Waals surface area contributed by atoms with Crippen molar-refractivity contribution < 1.29 is 17.9 Å². The van der Waals surface area contributed by atoms with Crippen molar-refractivity contribution in [2.45, 2.75) is 4.90 Å². The van der Waals surface area contributed by atoms with Crippen LogP contribution in [-0.4, -0.2) is 41.2 Å². The Kier molecular flexibility index (Phi) is 5.81. The Morgan fingerprint density at radius 2 is 1.81 bits per heavy atom. The van der Waals surface area contributed by atoms with E-state index in [1.165, 1.54) is 54.9 Å². The maximum absolute atomic E-state index is 12.7. The molecule has 0 bridgehead atoms. The number of benzene rings is 2. The van der Waals surface area contributed by atoms with Crippen molar-refractivity contribution in [3.8, 4) is 11.6 Å². The molecular weight excluding hydrogens is 432 g/mol. The standard InChI is InChI=1S/C21H18N6O4S/c1-31-19-5-3-2-4-18(19)26-32(29,30)17-9-6-15(7-10-17)21(28)25-16-8-11-20(23-12-16)27-14-22-13-24-27/h2-14,26H,1H3,(H,25,28). The quantitative estimate of drug-likeness (QED) is 0.443. The summed E-state index contributed by atoms with van der Waals surface area (Å²) in [6, 6.07) is 15.6. The van der Waals surface area contributed by atoms with Crippen LogP contribution in [0.5, 0.6) is 5.75 Å². The minimum atomic E-state index is -3.86. The summed E-state index contributed by atoms with van der Waals surface area (Å²) in [5, 5.41) is 6.70. The first-order chi connectivity index (χ1) is 15.5. The van der Waals surface area contributed by atoms with E-state index >= 15 is 0 Å². The van der Waals surface area contributed by atoms with Gasteiger partial charge in [-0.1, -0.05) is 12.1 Å². The van der Waals surface area contributed by atoms with E-state index in [1.807, 2.05) is 0 Å². The Morgan fingerprint density at radius 3 is 2.47 bits per heavy atom. The highest BCUT2D eigenvalue weighted by Crippen LogP contribution is 2.26. The molecule has 4 aromatic rings. The maximum Gasteiger partial charge on any atom is 0.262 e. The van der Waals surface area contributed by atoms with E-state index in [2.05, 4.69) is 25.1 Å². The van der Waals surface area contributed by atoms with Gasteiger partial charge in [0.15, 0.2) is 5.82 Å². The van der Waals surface area contributed by atoms with Gasteiger partial charge in [0.05, 0.1) is 29.6 Å². The van der Waals surface area contributed by atoms with Gasteiger partial charge in [-0.3, -0.25) is 9.52 Å². The van der Waals surface area contributed by atoms with Crippen LogP contribution in [0.25, 0.3) is 5.82 Å². The second-order valence-electron chi connectivity index (χ2n) is 6.53. The Bertz CT molecular complexity index is 1320. The second kappa shape index (κ2) is 8.86. The topological polar surface area (TPSA) is 128 Å². The van der Waals surface area contributed by atoms with Crippen molar-refractivity contribution in [2.24, 2.45) is 0 Å². The fourth-order valence-corrected chi connectivity index (χ4v) is 3.91. The van der Waals surface area contributed by atoms with Crippen molar-refractivity contribution >= 4 is 27.3 Å². The summed E-state index contributed by atoms with van der Waals surface area (Å²) in [6.07, 6.45) is 4.40. The molecular formula is C21H18N6O4S. The zero-order valence-electron chi connectivity index (χ0n) is 16.8. The highest BCUT2D eigenvalue weighted by atomic mass is 32.2. The molecule has 0 radical (unpaired) electrons. The molecule has 0 fully saturated rings. The summed E-state index contributed by atoms with van der Waals surface area (Å²) in [7, 11) is -2.40. The molecule has 2 aromatic carbocycles. The molecule has 11 heteroatoms. The van der Waals surface area contributed by atoms with Crippen LogP contribution in [0.3, 0.4) is 0 Å². The van der Waals surface area contributed by atoms with E-state index in [1.54, 1.807) is 36.4 Å². The number of nitrogens with zero attached hydrogens (tertiary/aromatic N) is 4. The van der Waals surface area contributed by atoms with E-state index in [9.17, 15) is 13.2 Å². The lowest BCUT2D eigenvalue weighted by molar-refractivity contribution is 0.102. The van der Waals surface area contributed by atoms with E-state index in [0.717, 1.165) is 0 Å². The second-order valence-corrected chi connectivity index (χ2v) is 8.21. The first kappa shape index (κ1) is 21.0. The van der Waals surface area contributed by atoms with Crippen LogP contribution in [0, 0.1) is 0 Å². The lowest BCUT2D eigenvalue weighted by atomic mass is 10.2. The van der Waals surface area contributed by atoms with Gasteiger partial charge in [0.1, 0.15) is 18.4 Å². The number of anilines is 2. The van der Waals surface area contributed by atoms with Crippen LogP contribution in [0.1, 0.15) is 10.4 Å². The molecule has 0 aliphatic rings. The van der Waals surface area contributed by atoms with E-state index in [0.29, 0.717) is 28.5 Å². The van der Waals surface area contributed by atoms with Gasteiger partial charge in [0.25, 0.3) is 15.9 Å². The highest BCUT2D eigenvalue weighted by molar-refractivity contribution is 7.92. The molecule has 2 N–H and O–H groups in total. The monoisotopic (exact) mass is 450 g/mol. The molecule has 0 saturated carbocycles. The first-order valence-electron chi connectivity index (χ1n) is 9.34. The summed E-state index contributed by atoms with van der Waals surface area (Å²) >= 11 is 0.